The van der Waals surface area contributed by atoms with Crippen LogP contribution in [0.2, 0.25) is 0 Å². The van der Waals surface area contributed by atoms with Gasteiger partial charge in [0.2, 0.25) is 0 Å². The molecule has 0 bridgehead atoms. The van der Waals surface area contributed by atoms with Gasteiger partial charge in [-0.3, -0.25) is 0 Å². The molecule has 0 N–H and O–H groups in total. The Morgan fingerprint density at radius 2 is 1.67 bits per heavy atom. The molecule has 1 unspecified atom stereocenters. The van der Waals surface area contributed by atoms with Crippen LogP contribution < -0.4 is 4.90 Å². The van der Waals surface area contributed by atoms with Crippen LogP contribution in [0.5, 0.6) is 0 Å². The van der Waals surface area contributed by atoms with Crippen molar-refractivity contribution in [1.29, 1.82) is 0 Å². The summed E-state index contributed by atoms with van der Waals surface area (Å²) in [5.74, 6) is 0.264. The first-order valence-electron chi connectivity index (χ1n) is 8.40. The SMILES string of the molecule is FC(F)(F)C1CN(c2nnnn2-c2ccc(-c3ccccc3)cc2)CCO1. The summed E-state index contributed by atoms with van der Waals surface area (Å²) in [6, 6.07) is 17.4. The van der Waals surface area contributed by atoms with Crippen LogP contribution in [-0.2, 0) is 4.74 Å². The Morgan fingerprint density at radius 3 is 2.37 bits per heavy atom. The Hall–Kier alpha value is -2.94. The lowest BCUT2D eigenvalue weighted by molar-refractivity contribution is -0.221. The zero-order chi connectivity index (χ0) is 18.9. The maximum Gasteiger partial charge on any atom is 0.416 e. The maximum atomic E-state index is 13.0. The molecular formula is C18H16F3N5O. The molecule has 0 saturated carbocycles. The molecule has 2 aromatic carbocycles. The molecule has 6 nitrogen and oxygen atoms in total. The number of hydrogen-bond acceptors (Lipinski definition) is 5. The molecule has 27 heavy (non-hydrogen) atoms. The third-order valence-corrected chi connectivity index (χ3v) is 4.39. The first kappa shape index (κ1) is 17.5. The molecule has 4 rings (SSSR count). The largest absolute Gasteiger partial charge is 0.416 e. The summed E-state index contributed by atoms with van der Waals surface area (Å²) in [5.41, 5.74) is 2.77. The van der Waals surface area contributed by atoms with Crippen molar-refractivity contribution in [3.8, 4) is 16.8 Å². The van der Waals surface area contributed by atoms with Gasteiger partial charge in [-0.15, -0.1) is 0 Å². The molecule has 0 spiro atoms. The van der Waals surface area contributed by atoms with E-state index in [2.05, 4.69) is 15.5 Å². The summed E-state index contributed by atoms with van der Waals surface area (Å²) < 4.78 is 45.2. The van der Waals surface area contributed by atoms with Crippen LogP contribution in [0, 0.1) is 0 Å². The Kier molecular flexibility index (Phi) is 4.53. The van der Waals surface area contributed by atoms with E-state index in [0.717, 1.165) is 11.1 Å². The number of nitrogens with zero attached hydrogens (tertiary/aromatic N) is 5. The molecule has 0 radical (unpaired) electrons. The monoisotopic (exact) mass is 375 g/mol. The van der Waals surface area contributed by atoms with Crippen molar-refractivity contribution >= 4 is 5.95 Å². The lowest BCUT2D eigenvalue weighted by Gasteiger charge is -2.33. The minimum atomic E-state index is -4.42. The number of benzene rings is 2. The van der Waals surface area contributed by atoms with Crippen molar-refractivity contribution in [2.24, 2.45) is 0 Å². The highest BCUT2D eigenvalue weighted by atomic mass is 19.4. The minimum absolute atomic E-state index is 0.0377. The molecule has 0 amide bonds. The van der Waals surface area contributed by atoms with Crippen molar-refractivity contribution in [1.82, 2.24) is 20.2 Å². The molecule has 2 heterocycles. The molecule has 1 saturated heterocycles. The lowest BCUT2D eigenvalue weighted by Crippen LogP contribution is -2.50. The third kappa shape index (κ3) is 3.63. The van der Waals surface area contributed by atoms with Gasteiger partial charge in [0, 0.05) is 6.54 Å². The second-order valence-electron chi connectivity index (χ2n) is 6.15. The summed E-state index contributed by atoms with van der Waals surface area (Å²) in [7, 11) is 0. The molecule has 3 aromatic rings. The molecule has 1 aliphatic rings. The van der Waals surface area contributed by atoms with E-state index in [-0.39, 0.29) is 25.6 Å². The number of anilines is 1. The standard InChI is InChI=1S/C18H16F3N5O/c19-18(20,21)16-12-25(10-11-27-16)17-22-23-24-26(17)15-8-6-14(7-9-15)13-4-2-1-3-5-13/h1-9,16H,10-12H2. The molecule has 140 valence electrons. The fourth-order valence-electron chi connectivity index (χ4n) is 3.00. The molecule has 9 heteroatoms. The Balaban J connectivity index is 1.59. The predicted octanol–water partition coefficient (Wildman–Crippen LogP) is 3.10. The van der Waals surface area contributed by atoms with E-state index in [4.69, 9.17) is 4.74 Å². The average Bonchev–Trinajstić information content (AvgIpc) is 3.18. The van der Waals surface area contributed by atoms with Crippen LogP contribution in [0.25, 0.3) is 16.8 Å². The van der Waals surface area contributed by atoms with Gasteiger partial charge in [0.1, 0.15) is 0 Å². The van der Waals surface area contributed by atoms with Gasteiger partial charge in [-0.25, -0.2) is 0 Å². The van der Waals surface area contributed by atoms with Crippen LogP contribution in [0.4, 0.5) is 19.1 Å². The van der Waals surface area contributed by atoms with E-state index in [1.165, 1.54) is 9.58 Å². The van der Waals surface area contributed by atoms with Crippen LogP contribution in [0.15, 0.2) is 54.6 Å². The second kappa shape index (κ2) is 6.99. The number of aromatic nitrogens is 4. The summed E-state index contributed by atoms with van der Waals surface area (Å²) in [6.45, 7) is -0.0923. The molecule has 1 aliphatic heterocycles. The van der Waals surface area contributed by atoms with Gasteiger partial charge in [-0.05, 0) is 33.7 Å². The van der Waals surface area contributed by atoms with Gasteiger partial charge in [0.15, 0.2) is 6.10 Å². The summed E-state index contributed by atoms with van der Waals surface area (Å²) in [5, 5.41) is 11.5. The van der Waals surface area contributed by atoms with Crippen molar-refractivity contribution in [3.63, 3.8) is 0 Å². The van der Waals surface area contributed by atoms with Crippen LogP contribution in [0.1, 0.15) is 0 Å². The van der Waals surface area contributed by atoms with E-state index in [9.17, 15) is 13.2 Å². The summed E-state index contributed by atoms with van der Waals surface area (Å²) in [4.78, 5) is 1.49. The highest BCUT2D eigenvalue weighted by Gasteiger charge is 2.44. The number of morpholine rings is 1. The molecule has 1 atom stereocenters. The number of hydrogen-bond donors (Lipinski definition) is 0. The van der Waals surface area contributed by atoms with E-state index >= 15 is 0 Å². The highest BCUT2D eigenvalue weighted by molar-refractivity contribution is 5.64. The Labute approximate surface area is 153 Å². The van der Waals surface area contributed by atoms with Crippen molar-refractivity contribution in [2.45, 2.75) is 12.3 Å². The van der Waals surface area contributed by atoms with Crippen LogP contribution in [-0.4, -0.2) is 52.2 Å². The number of tetrazole rings is 1. The fraction of sp³-hybridized carbons (Fsp3) is 0.278. The minimum Gasteiger partial charge on any atom is -0.365 e. The van der Waals surface area contributed by atoms with Crippen LogP contribution in [0.3, 0.4) is 0 Å². The van der Waals surface area contributed by atoms with E-state index in [1.54, 1.807) is 0 Å². The highest BCUT2D eigenvalue weighted by Crippen LogP contribution is 2.28. The molecule has 1 fully saturated rings. The van der Waals surface area contributed by atoms with Crippen molar-refractivity contribution in [2.75, 3.05) is 24.6 Å². The number of alkyl halides is 3. The maximum absolute atomic E-state index is 13.0. The van der Waals surface area contributed by atoms with Gasteiger partial charge in [-0.1, -0.05) is 47.6 Å². The second-order valence-corrected chi connectivity index (χ2v) is 6.15. The lowest BCUT2D eigenvalue weighted by atomic mass is 10.1. The zero-order valence-electron chi connectivity index (χ0n) is 14.2. The number of halogens is 3. The van der Waals surface area contributed by atoms with Gasteiger partial charge in [-0.2, -0.15) is 17.9 Å². The van der Waals surface area contributed by atoms with Gasteiger partial charge < -0.3 is 9.64 Å². The smallest absolute Gasteiger partial charge is 0.365 e. The molecular weight excluding hydrogens is 359 g/mol. The van der Waals surface area contributed by atoms with Gasteiger partial charge in [0.05, 0.1) is 18.8 Å². The van der Waals surface area contributed by atoms with Gasteiger partial charge >= 0.3 is 6.18 Å². The van der Waals surface area contributed by atoms with Crippen LogP contribution >= 0.6 is 0 Å². The number of rotatable bonds is 3. The molecule has 1 aromatic heterocycles. The normalized spacial score (nSPS) is 17.9. The summed E-state index contributed by atoms with van der Waals surface area (Å²) in [6.07, 6.45) is -6.27. The fourth-order valence-corrected chi connectivity index (χ4v) is 3.00. The Bertz CT molecular complexity index is 895. The third-order valence-electron chi connectivity index (χ3n) is 4.39. The quantitative estimate of drug-likeness (QED) is 0.704. The number of ether oxygens (including phenoxy) is 1. The Morgan fingerprint density at radius 1 is 0.963 bits per heavy atom. The topological polar surface area (TPSA) is 56.1 Å². The van der Waals surface area contributed by atoms with Gasteiger partial charge in [0.25, 0.3) is 5.95 Å². The van der Waals surface area contributed by atoms with Crippen molar-refractivity contribution in [3.05, 3.63) is 54.6 Å². The molecule has 0 aliphatic carbocycles. The van der Waals surface area contributed by atoms with E-state index in [1.807, 2.05) is 54.6 Å². The van der Waals surface area contributed by atoms with E-state index < -0.39 is 12.3 Å². The van der Waals surface area contributed by atoms with Crippen molar-refractivity contribution < 1.29 is 17.9 Å². The first-order chi connectivity index (χ1) is 13.0. The first-order valence-corrected chi connectivity index (χ1v) is 8.40. The summed E-state index contributed by atoms with van der Waals surface area (Å²) >= 11 is 0. The average molecular weight is 375 g/mol. The predicted molar refractivity (Wildman–Crippen MR) is 92.6 cm³/mol. The van der Waals surface area contributed by atoms with E-state index in [0.29, 0.717) is 5.69 Å². The zero-order valence-corrected chi connectivity index (χ0v) is 14.2.